The molecule has 46 heavy (non-hydrogen) atoms. The summed E-state index contributed by atoms with van der Waals surface area (Å²) in [6, 6.07) is 16.4. The number of likely N-dealkylation sites (tertiary alicyclic amines) is 1. The molecule has 2 amide bonds. The van der Waals surface area contributed by atoms with Crippen LogP contribution >= 0.6 is 0 Å². The van der Waals surface area contributed by atoms with Crippen molar-refractivity contribution < 1.29 is 4.79 Å². The molecule has 1 saturated heterocycles. The summed E-state index contributed by atoms with van der Waals surface area (Å²) in [5, 5.41) is 23.9. The second kappa shape index (κ2) is 14.4. The summed E-state index contributed by atoms with van der Waals surface area (Å²) in [5.74, 6) is 1.69. The summed E-state index contributed by atoms with van der Waals surface area (Å²) in [5.41, 5.74) is 3.40. The van der Waals surface area contributed by atoms with E-state index < -0.39 is 0 Å². The molecule has 3 aromatic heterocycles. The Morgan fingerprint density at radius 1 is 1.00 bits per heavy atom. The van der Waals surface area contributed by atoms with Gasteiger partial charge in [-0.15, -0.1) is 0 Å². The van der Waals surface area contributed by atoms with E-state index in [1.54, 1.807) is 23.3 Å². The lowest BCUT2D eigenvalue weighted by atomic mass is 9.90. The van der Waals surface area contributed by atoms with Crippen LogP contribution in [0.5, 0.6) is 0 Å². The minimum absolute atomic E-state index is 0.0203. The molecule has 4 heterocycles. The van der Waals surface area contributed by atoms with Crippen LogP contribution in [0.25, 0.3) is 11.1 Å². The maximum Gasteiger partial charge on any atom is 0.323 e. The van der Waals surface area contributed by atoms with Crippen molar-refractivity contribution in [3.05, 3.63) is 78.4 Å². The first-order valence-corrected chi connectivity index (χ1v) is 16.0. The van der Waals surface area contributed by atoms with Gasteiger partial charge in [-0.2, -0.15) is 15.3 Å². The fourth-order valence-corrected chi connectivity index (χ4v) is 6.37. The Hall–Kier alpha value is -5.02. The number of pyridine rings is 1. The Balaban J connectivity index is 1.12. The van der Waals surface area contributed by atoms with Crippen LogP contribution in [0, 0.1) is 11.3 Å². The minimum atomic E-state index is -0.166. The van der Waals surface area contributed by atoms with Gasteiger partial charge in [0, 0.05) is 61.8 Å². The predicted molar refractivity (Wildman–Crippen MR) is 178 cm³/mol. The van der Waals surface area contributed by atoms with Crippen molar-refractivity contribution in [2.24, 2.45) is 7.05 Å². The number of rotatable bonds is 10. The predicted octanol–water partition coefficient (Wildman–Crippen LogP) is 4.79. The first-order chi connectivity index (χ1) is 22.5. The number of amides is 2. The van der Waals surface area contributed by atoms with Crippen molar-refractivity contribution in [2.45, 2.75) is 63.2 Å². The number of hydrogen-bond donors (Lipinski definition) is 3. The zero-order chi connectivity index (χ0) is 31.9. The van der Waals surface area contributed by atoms with Gasteiger partial charge in [0.05, 0.1) is 12.4 Å². The number of urea groups is 1. The molecule has 12 nitrogen and oxygen atoms in total. The lowest BCUT2D eigenvalue weighted by Crippen LogP contribution is -2.49. The molecule has 1 atom stereocenters. The number of carbonyl (C=O) groups excluding carboxylic acids is 1. The first-order valence-electron chi connectivity index (χ1n) is 16.0. The van der Waals surface area contributed by atoms with E-state index in [0.29, 0.717) is 35.7 Å². The van der Waals surface area contributed by atoms with Crippen LogP contribution in [-0.2, 0) is 13.6 Å². The van der Waals surface area contributed by atoms with Crippen molar-refractivity contribution in [1.29, 1.82) is 5.26 Å². The van der Waals surface area contributed by atoms with Gasteiger partial charge in [-0.25, -0.2) is 14.8 Å². The van der Waals surface area contributed by atoms with Gasteiger partial charge >= 0.3 is 6.03 Å². The van der Waals surface area contributed by atoms with Gasteiger partial charge in [0.25, 0.3) is 0 Å². The van der Waals surface area contributed by atoms with Crippen molar-refractivity contribution in [2.75, 3.05) is 35.7 Å². The van der Waals surface area contributed by atoms with Crippen LogP contribution in [-0.4, -0.2) is 73.9 Å². The van der Waals surface area contributed by atoms with E-state index in [2.05, 4.69) is 49.0 Å². The van der Waals surface area contributed by atoms with E-state index in [4.69, 9.17) is 4.98 Å². The van der Waals surface area contributed by atoms with E-state index in [1.807, 2.05) is 60.6 Å². The summed E-state index contributed by atoms with van der Waals surface area (Å²) in [7, 11) is 4.02. The van der Waals surface area contributed by atoms with Crippen molar-refractivity contribution in [3.8, 4) is 17.2 Å². The van der Waals surface area contributed by atoms with Gasteiger partial charge in [-0.3, -0.25) is 9.58 Å². The number of benzene rings is 1. The molecule has 2 fully saturated rings. The van der Waals surface area contributed by atoms with Crippen LogP contribution in [0.1, 0.15) is 49.7 Å². The number of anilines is 3. The second-order valence-electron chi connectivity index (χ2n) is 12.2. The number of aromatic nitrogens is 5. The molecule has 0 bridgehead atoms. The normalized spacial score (nSPS) is 19.7. The van der Waals surface area contributed by atoms with Gasteiger partial charge in [0.15, 0.2) is 0 Å². The van der Waals surface area contributed by atoms with Crippen molar-refractivity contribution in [1.82, 2.24) is 34.9 Å². The number of nitrogens with zero attached hydrogens (tertiary/aromatic N) is 8. The Morgan fingerprint density at radius 3 is 2.50 bits per heavy atom. The Morgan fingerprint density at radius 2 is 1.83 bits per heavy atom. The Bertz CT molecular complexity index is 1640. The van der Waals surface area contributed by atoms with E-state index in [0.717, 1.165) is 61.9 Å². The van der Waals surface area contributed by atoms with E-state index in [-0.39, 0.29) is 18.1 Å². The molecule has 1 unspecified atom stereocenters. The molecular weight excluding hydrogens is 578 g/mol. The molecule has 12 heteroatoms. The molecule has 0 spiro atoms. The largest absolute Gasteiger partial charge is 0.367 e. The molecule has 1 saturated carbocycles. The summed E-state index contributed by atoms with van der Waals surface area (Å²) >= 11 is 0. The third-order valence-electron chi connectivity index (χ3n) is 9.02. The number of nitrogens with one attached hydrogen (secondary N) is 3. The van der Waals surface area contributed by atoms with Crippen LogP contribution in [0.3, 0.4) is 0 Å². The standard InChI is InChI=1S/C34H41N11O/c1-43-16-6-9-30(43)22-37-32-26(17-35)20-38-33(42-32)41-28-11-13-29(14-12-28)45(34(46)39-18-24-7-4-3-5-8-24)31-15-10-25(19-36-31)27-21-40-44(2)23-27/h3-5,7-8,10,15,19-21,23,28-30H,6,9,11-14,16,18,22H2,1-2H3,(H,39,46)(H2,37,38,41,42). The molecule has 1 aliphatic heterocycles. The first kappa shape index (κ1) is 31.0. The highest BCUT2D eigenvalue weighted by Crippen LogP contribution is 2.30. The van der Waals surface area contributed by atoms with Crippen LogP contribution in [0.15, 0.2) is 67.3 Å². The molecule has 2 aliphatic rings. The molecule has 4 aromatic rings. The fourth-order valence-electron chi connectivity index (χ4n) is 6.37. The molecule has 3 N–H and O–H groups in total. The number of hydrogen-bond acceptors (Lipinski definition) is 9. The Labute approximate surface area is 269 Å². The van der Waals surface area contributed by atoms with Crippen LogP contribution < -0.4 is 20.9 Å². The smallest absolute Gasteiger partial charge is 0.323 e. The molecule has 1 aliphatic carbocycles. The summed E-state index contributed by atoms with van der Waals surface area (Å²) in [4.78, 5) is 31.7. The minimum Gasteiger partial charge on any atom is -0.367 e. The molecular formula is C34H41N11O. The number of aryl methyl sites for hydroxylation is 1. The summed E-state index contributed by atoms with van der Waals surface area (Å²) in [6.45, 7) is 2.27. The van der Waals surface area contributed by atoms with Crippen molar-refractivity contribution >= 4 is 23.6 Å². The van der Waals surface area contributed by atoms with E-state index in [9.17, 15) is 10.1 Å². The van der Waals surface area contributed by atoms with Gasteiger partial charge in [0.1, 0.15) is 23.3 Å². The topological polar surface area (TPSA) is 140 Å². The number of nitriles is 1. The average molecular weight is 620 g/mol. The highest BCUT2D eigenvalue weighted by molar-refractivity contribution is 5.91. The number of carbonyl (C=O) groups is 1. The monoisotopic (exact) mass is 619 g/mol. The van der Waals surface area contributed by atoms with Gasteiger partial charge in [-0.1, -0.05) is 30.3 Å². The van der Waals surface area contributed by atoms with Crippen LogP contribution in [0.2, 0.25) is 0 Å². The van der Waals surface area contributed by atoms with E-state index in [1.165, 1.54) is 6.42 Å². The lowest BCUT2D eigenvalue weighted by Gasteiger charge is -2.36. The number of likely N-dealkylation sites (N-methyl/N-ethyl adjacent to an activating group) is 1. The highest BCUT2D eigenvalue weighted by Gasteiger charge is 2.31. The molecule has 6 rings (SSSR count). The third-order valence-corrected chi connectivity index (χ3v) is 9.02. The lowest BCUT2D eigenvalue weighted by molar-refractivity contribution is 0.240. The SMILES string of the molecule is CN1CCCC1CNc1nc(NC2CCC(N(C(=O)NCc3ccccc3)c3ccc(-c4cnn(C)c4)cn3)CC2)ncc1C#N. The molecule has 1 aromatic carbocycles. The van der Waals surface area contributed by atoms with Crippen LogP contribution in [0.4, 0.5) is 22.4 Å². The second-order valence-corrected chi connectivity index (χ2v) is 12.2. The van der Waals surface area contributed by atoms with E-state index >= 15 is 0 Å². The molecule has 0 radical (unpaired) electrons. The van der Waals surface area contributed by atoms with Gasteiger partial charge in [-0.05, 0) is 69.8 Å². The quantitative estimate of drug-likeness (QED) is 0.229. The third kappa shape index (κ3) is 7.43. The Kier molecular flexibility index (Phi) is 9.69. The fraction of sp³-hybridized carbons (Fsp3) is 0.412. The van der Waals surface area contributed by atoms with Gasteiger partial charge < -0.3 is 20.9 Å². The summed E-state index contributed by atoms with van der Waals surface area (Å²) in [6.07, 6.45) is 12.7. The maximum absolute atomic E-state index is 13.7. The zero-order valence-electron chi connectivity index (χ0n) is 26.4. The van der Waals surface area contributed by atoms with Crippen molar-refractivity contribution in [3.63, 3.8) is 0 Å². The average Bonchev–Trinajstić information content (AvgIpc) is 3.72. The van der Waals surface area contributed by atoms with Gasteiger partial charge in [0.2, 0.25) is 5.95 Å². The highest BCUT2D eigenvalue weighted by atomic mass is 16.2. The molecule has 238 valence electrons. The zero-order valence-corrected chi connectivity index (χ0v) is 26.4. The summed E-state index contributed by atoms with van der Waals surface area (Å²) < 4.78 is 1.76. The maximum atomic E-state index is 13.7.